The lowest BCUT2D eigenvalue weighted by Gasteiger charge is -2.36. The molecule has 2 aromatic rings. The minimum absolute atomic E-state index is 0.337. The maximum absolute atomic E-state index is 13.3. The Kier molecular flexibility index (Phi) is 5.09. The Morgan fingerprint density at radius 3 is 2.36 bits per heavy atom. The van der Waals surface area contributed by atoms with Crippen LogP contribution in [0.5, 0.6) is 0 Å². The van der Waals surface area contributed by atoms with Gasteiger partial charge in [-0.05, 0) is 46.1 Å². The molecule has 0 atom stereocenters. The number of H-pyrrole nitrogens is 1. The van der Waals surface area contributed by atoms with Crippen LogP contribution >= 0.6 is 0 Å². The Morgan fingerprint density at radius 2 is 1.79 bits per heavy atom. The lowest BCUT2D eigenvalue weighted by Crippen LogP contribution is -2.50. The molecular weight excluding hydrogens is 378 g/mol. The second kappa shape index (κ2) is 7.27. The van der Waals surface area contributed by atoms with Crippen LogP contribution in [0.15, 0.2) is 9.31 Å². The van der Waals surface area contributed by atoms with Crippen molar-refractivity contribution in [2.24, 2.45) is 0 Å². The number of aromatic nitrogens is 3. The summed E-state index contributed by atoms with van der Waals surface area (Å²) < 4.78 is 34.1. The van der Waals surface area contributed by atoms with Gasteiger partial charge in [0, 0.05) is 43.8 Å². The Balaban J connectivity index is 1.61. The van der Waals surface area contributed by atoms with Crippen LogP contribution in [0.2, 0.25) is 0 Å². The lowest BCUT2D eigenvalue weighted by atomic mass is 9.85. The monoisotopic (exact) mass is 407 g/mol. The number of hydrogen-bond acceptors (Lipinski definition) is 6. The highest BCUT2D eigenvalue weighted by Gasteiger charge is 2.34. The van der Waals surface area contributed by atoms with E-state index in [9.17, 15) is 8.42 Å². The summed E-state index contributed by atoms with van der Waals surface area (Å²) in [5, 5.41) is 8.33. The van der Waals surface area contributed by atoms with Crippen molar-refractivity contribution < 1.29 is 12.8 Å². The van der Waals surface area contributed by atoms with E-state index in [1.54, 1.807) is 11.2 Å². The minimum Gasteiger partial charge on any atom is -0.419 e. The van der Waals surface area contributed by atoms with Crippen LogP contribution in [0.3, 0.4) is 0 Å². The summed E-state index contributed by atoms with van der Waals surface area (Å²) in [6, 6.07) is 0.426. The zero-order chi connectivity index (χ0) is 20.1. The fourth-order valence-electron chi connectivity index (χ4n) is 4.08. The van der Waals surface area contributed by atoms with Crippen molar-refractivity contribution in [2.45, 2.75) is 63.8 Å². The van der Waals surface area contributed by atoms with Crippen LogP contribution in [-0.2, 0) is 10.0 Å². The summed E-state index contributed by atoms with van der Waals surface area (Å²) in [6.07, 6.45) is 3.34. The Bertz CT molecular complexity index is 950. The SMILES string of the molecule is Cc1[nH]c(-c2nnc(C3CCC3)o2)c(C)c1S(=O)(=O)N1CCN(C(C)C)CC1. The summed E-state index contributed by atoms with van der Waals surface area (Å²) in [5.41, 5.74) is 1.87. The predicted molar refractivity (Wildman–Crippen MR) is 106 cm³/mol. The summed E-state index contributed by atoms with van der Waals surface area (Å²) in [5.74, 6) is 1.37. The number of hydrogen-bond donors (Lipinski definition) is 1. The van der Waals surface area contributed by atoms with Crippen LogP contribution in [-0.4, -0.2) is 65.0 Å². The van der Waals surface area contributed by atoms with Crippen molar-refractivity contribution in [1.82, 2.24) is 24.4 Å². The predicted octanol–water partition coefficient (Wildman–Crippen LogP) is 2.66. The number of sulfonamides is 1. The first kappa shape index (κ1) is 19.6. The van der Waals surface area contributed by atoms with Gasteiger partial charge in [0.25, 0.3) is 5.89 Å². The molecule has 9 heteroatoms. The van der Waals surface area contributed by atoms with Crippen LogP contribution in [0, 0.1) is 13.8 Å². The zero-order valence-corrected chi connectivity index (χ0v) is 17.8. The lowest BCUT2D eigenvalue weighted by molar-refractivity contribution is 0.154. The van der Waals surface area contributed by atoms with E-state index in [4.69, 9.17) is 4.42 Å². The molecule has 2 fully saturated rings. The normalized spacial score (nSPS) is 20.0. The molecule has 0 aromatic carbocycles. The number of nitrogens with one attached hydrogen (secondary N) is 1. The van der Waals surface area contributed by atoms with Crippen molar-refractivity contribution >= 4 is 10.0 Å². The van der Waals surface area contributed by atoms with Crippen molar-refractivity contribution in [1.29, 1.82) is 0 Å². The van der Waals surface area contributed by atoms with E-state index < -0.39 is 10.0 Å². The van der Waals surface area contributed by atoms with Crippen molar-refractivity contribution in [2.75, 3.05) is 26.2 Å². The molecule has 1 saturated carbocycles. The third-order valence-electron chi connectivity index (χ3n) is 6.08. The highest BCUT2D eigenvalue weighted by atomic mass is 32.2. The molecule has 154 valence electrons. The number of nitrogens with zero attached hydrogens (tertiary/aromatic N) is 4. The summed E-state index contributed by atoms with van der Waals surface area (Å²) in [7, 11) is -3.58. The summed E-state index contributed by atoms with van der Waals surface area (Å²) in [4.78, 5) is 5.81. The van der Waals surface area contributed by atoms with Crippen LogP contribution in [0.25, 0.3) is 11.6 Å². The fraction of sp³-hybridized carbons (Fsp3) is 0.684. The average Bonchev–Trinajstić information content (AvgIpc) is 3.18. The van der Waals surface area contributed by atoms with Gasteiger partial charge in [-0.3, -0.25) is 4.90 Å². The maximum atomic E-state index is 13.3. The minimum atomic E-state index is -3.58. The van der Waals surface area contributed by atoms with Gasteiger partial charge in [-0.25, -0.2) is 8.42 Å². The third-order valence-corrected chi connectivity index (χ3v) is 8.25. The molecule has 1 saturated heterocycles. The van der Waals surface area contributed by atoms with E-state index in [2.05, 4.69) is 33.9 Å². The van der Waals surface area contributed by atoms with E-state index in [0.29, 0.717) is 58.7 Å². The zero-order valence-electron chi connectivity index (χ0n) is 17.0. The number of piperazine rings is 1. The van der Waals surface area contributed by atoms with Gasteiger partial charge in [-0.15, -0.1) is 10.2 Å². The van der Waals surface area contributed by atoms with Crippen LogP contribution in [0.4, 0.5) is 0 Å². The highest BCUT2D eigenvalue weighted by molar-refractivity contribution is 7.89. The van der Waals surface area contributed by atoms with Gasteiger partial charge < -0.3 is 9.40 Å². The maximum Gasteiger partial charge on any atom is 0.264 e. The quantitative estimate of drug-likeness (QED) is 0.819. The fourth-order valence-corrected chi connectivity index (χ4v) is 5.91. The molecule has 0 bridgehead atoms. The Hall–Kier alpha value is -1.71. The highest BCUT2D eigenvalue weighted by Crippen LogP contribution is 2.38. The number of aryl methyl sites for hydroxylation is 1. The number of aromatic amines is 1. The van der Waals surface area contributed by atoms with E-state index in [0.717, 1.165) is 25.9 Å². The molecule has 0 unspecified atom stereocenters. The Labute approximate surface area is 166 Å². The van der Waals surface area contributed by atoms with Crippen LogP contribution in [0.1, 0.15) is 56.2 Å². The second-order valence-electron chi connectivity index (χ2n) is 8.19. The molecule has 1 aliphatic carbocycles. The largest absolute Gasteiger partial charge is 0.419 e. The molecule has 0 spiro atoms. The average molecular weight is 408 g/mol. The van der Waals surface area contributed by atoms with Crippen LogP contribution < -0.4 is 0 Å². The smallest absolute Gasteiger partial charge is 0.264 e. The molecule has 4 rings (SSSR count). The van der Waals surface area contributed by atoms with Crippen molar-refractivity contribution in [3.63, 3.8) is 0 Å². The van der Waals surface area contributed by atoms with Gasteiger partial charge >= 0.3 is 0 Å². The molecule has 0 radical (unpaired) electrons. The van der Waals surface area contributed by atoms with E-state index in [1.165, 1.54) is 6.42 Å². The molecule has 2 aromatic heterocycles. The van der Waals surface area contributed by atoms with E-state index in [1.807, 2.05) is 6.92 Å². The first-order valence-electron chi connectivity index (χ1n) is 10.1. The summed E-state index contributed by atoms with van der Waals surface area (Å²) >= 11 is 0. The van der Waals surface area contributed by atoms with E-state index >= 15 is 0 Å². The first-order chi connectivity index (χ1) is 13.3. The molecule has 3 heterocycles. The topological polar surface area (TPSA) is 95.3 Å². The molecule has 28 heavy (non-hydrogen) atoms. The molecular formula is C19H29N5O3S. The van der Waals surface area contributed by atoms with Gasteiger partial charge in [-0.2, -0.15) is 4.31 Å². The number of rotatable bonds is 5. The van der Waals surface area contributed by atoms with Gasteiger partial charge in [0.1, 0.15) is 10.6 Å². The van der Waals surface area contributed by atoms with Crippen molar-refractivity contribution in [3.8, 4) is 11.6 Å². The third kappa shape index (κ3) is 3.29. The summed E-state index contributed by atoms with van der Waals surface area (Å²) in [6.45, 7) is 10.4. The first-order valence-corrected chi connectivity index (χ1v) is 11.5. The van der Waals surface area contributed by atoms with Gasteiger partial charge in [-0.1, -0.05) is 6.42 Å². The molecule has 8 nitrogen and oxygen atoms in total. The molecule has 1 aliphatic heterocycles. The second-order valence-corrected chi connectivity index (χ2v) is 10.1. The van der Waals surface area contributed by atoms with Gasteiger partial charge in [0.05, 0.1) is 0 Å². The Morgan fingerprint density at radius 1 is 1.11 bits per heavy atom. The standard InChI is InChI=1S/C19H29N5O3S/c1-12(2)23-8-10-24(11-9-23)28(25,26)17-13(3)16(20-14(17)4)19-22-21-18(27-19)15-6-5-7-15/h12,15,20H,5-11H2,1-4H3. The van der Waals surface area contributed by atoms with Gasteiger partial charge in [0.2, 0.25) is 15.9 Å². The molecule has 2 aliphatic rings. The van der Waals surface area contributed by atoms with E-state index in [-0.39, 0.29) is 0 Å². The molecule has 1 N–H and O–H groups in total. The van der Waals surface area contributed by atoms with Crippen molar-refractivity contribution in [3.05, 3.63) is 17.1 Å². The molecule has 0 amide bonds. The van der Waals surface area contributed by atoms with Gasteiger partial charge in [0.15, 0.2) is 0 Å².